The number of nitrogens with zero attached hydrogens (tertiary/aromatic N) is 4. The summed E-state index contributed by atoms with van der Waals surface area (Å²) in [6.45, 7) is 0.307. The van der Waals surface area contributed by atoms with Crippen molar-refractivity contribution in [2.75, 3.05) is 17.8 Å². The van der Waals surface area contributed by atoms with E-state index in [1.165, 1.54) is 12.4 Å². The van der Waals surface area contributed by atoms with Gasteiger partial charge in [-0.2, -0.15) is 25.9 Å². The molecule has 0 amide bonds. The number of hydrogen-bond donors (Lipinski definition) is 2. The summed E-state index contributed by atoms with van der Waals surface area (Å²) in [4.78, 5) is 29.3. The number of fused-ring (bicyclic) bond motifs is 1. The molecule has 3 aromatic heterocycles. The van der Waals surface area contributed by atoms with E-state index in [1.807, 2.05) is 4.72 Å². The first-order valence-corrected chi connectivity index (χ1v) is 14.0. The first-order chi connectivity index (χ1) is 19.0. The summed E-state index contributed by atoms with van der Waals surface area (Å²) in [5, 5.41) is 0.241. The zero-order chi connectivity index (χ0) is 28.2. The van der Waals surface area contributed by atoms with Crippen LogP contribution in [0.1, 0.15) is 58.9 Å². The molecule has 1 aliphatic heterocycles. The van der Waals surface area contributed by atoms with Crippen LogP contribution in [-0.2, 0) is 16.4 Å². The lowest BCUT2D eigenvalue weighted by Crippen LogP contribution is -2.33. The number of aromatic nitrogens is 4. The number of halogens is 4. The molecule has 1 aromatic carbocycles. The van der Waals surface area contributed by atoms with Gasteiger partial charge >= 0.3 is 16.4 Å². The lowest BCUT2D eigenvalue weighted by Gasteiger charge is -2.19. The van der Waals surface area contributed by atoms with Gasteiger partial charge in [0.2, 0.25) is 0 Å². The van der Waals surface area contributed by atoms with Crippen LogP contribution in [0.15, 0.2) is 43.0 Å². The molecule has 0 bridgehead atoms. The quantitative estimate of drug-likeness (QED) is 0.236. The number of rotatable bonds is 7. The van der Waals surface area contributed by atoms with Crippen LogP contribution < -0.4 is 4.72 Å². The fourth-order valence-electron chi connectivity index (χ4n) is 4.69. The summed E-state index contributed by atoms with van der Waals surface area (Å²) in [6, 6.07) is 2.32. The molecule has 2 aliphatic rings. The second-order valence-corrected chi connectivity index (χ2v) is 11.5. The maximum atomic E-state index is 15.6. The van der Waals surface area contributed by atoms with Crippen molar-refractivity contribution in [2.24, 2.45) is 0 Å². The summed E-state index contributed by atoms with van der Waals surface area (Å²) >= 11 is 0. The van der Waals surface area contributed by atoms with E-state index in [2.05, 4.69) is 19.9 Å². The van der Waals surface area contributed by atoms with Crippen LogP contribution in [0.4, 0.5) is 23.2 Å². The van der Waals surface area contributed by atoms with Gasteiger partial charge in [-0.1, -0.05) is 0 Å². The van der Waals surface area contributed by atoms with Gasteiger partial charge in [-0.3, -0.25) is 9.52 Å². The van der Waals surface area contributed by atoms with Gasteiger partial charge in [-0.15, -0.1) is 0 Å². The van der Waals surface area contributed by atoms with Crippen molar-refractivity contribution in [3.05, 3.63) is 71.3 Å². The number of ketones is 1. The Morgan fingerprint density at radius 2 is 1.65 bits per heavy atom. The Morgan fingerprint density at radius 1 is 0.975 bits per heavy atom. The molecule has 0 atom stereocenters. The highest BCUT2D eigenvalue weighted by atomic mass is 32.2. The summed E-state index contributed by atoms with van der Waals surface area (Å²) in [5.74, 6) is -1.39. The number of anilines is 1. The maximum absolute atomic E-state index is 15.6. The highest BCUT2D eigenvalue weighted by molar-refractivity contribution is 7.90. The Balaban J connectivity index is 1.40. The molecule has 4 heterocycles. The van der Waals surface area contributed by atoms with Crippen LogP contribution >= 0.6 is 0 Å². The second kappa shape index (κ2) is 9.63. The molecule has 1 saturated carbocycles. The molecule has 0 radical (unpaired) electrons. The highest BCUT2D eigenvalue weighted by Gasteiger charge is 2.35. The van der Waals surface area contributed by atoms with Gasteiger partial charge in [0.1, 0.15) is 11.5 Å². The fraction of sp³-hybridized carbons (Fsp3) is 0.308. The molecule has 0 spiro atoms. The molecule has 2 N–H and O–H groups in total. The third-order valence-electron chi connectivity index (χ3n) is 7.01. The first kappa shape index (κ1) is 26.3. The van der Waals surface area contributed by atoms with Gasteiger partial charge in [-0.25, -0.2) is 19.3 Å². The fourth-order valence-corrected chi connectivity index (χ4v) is 5.99. The molecule has 40 heavy (non-hydrogen) atoms. The maximum Gasteiger partial charge on any atom is 0.416 e. The van der Waals surface area contributed by atoms with Gasteiger partial charge in [0.15, 0.2) is 11.6 Å². The largest absolute Gasteiger partial charge is 0.416 e. The topological polar surface area (TPSA) is 121 Å². The van der Waals surface area contributed by atoms with Crippen LogP contribution in [0.2, 0.25) is 0 Å². The molecule has 4 aromatic rings. The van der Waals surface area contributed by atoms with Crippen molar-refractivity contribution < 1.29 is 30.8 Å². The van der Waals surface area contributed by atoms with Gasteiger partial charge in [0.25, 0.3) is 0 Å². The lowest BCUT2D eigenvalue weighted by molar-refractivity contribution is -0.137. The van der Waals surface area contributed by atoms with E-state index >= 15 is 4.39 Å². The summed E-state index contributed by atoms with van der Waals surface area (Å²) in [6.07, 6.45) is 4.25. The Hall–Kier alpha value is -3.91. The molecule has 9 nitrogen and oxygen atoms in total. The normalized spacial score (nSPS) is 16.5. The molecule has 0 unspecified atom stereocenters. The number of carbonyl (C=O) groups is 1. The number of carbonyl (C=O) groups excluding carboxylic acids is 1. The lowest BCUT2D eigenvalue weighted by atomic mass is 9.98. The van der Waals surface area contributed by atoms with Crippen molar-refractivity contribution in [1.29, 1.82) is 0 Å². The number of hydrogen-bond acceptors (Lipinski definition) is 6. The number of H-pyrrole nitrogens is 1. The van der Waals surface area contributed by atoms with Crippen LogP contribution in [0.3, 0.4) is 0 Å². The van der Waals surface area contributed by atoms with Crippen molar-refractivity contribution in [3.63, 3.8) is 0 Å². The van der Waals surface area contributed by atoms with Gasteiger partial charge in [0, 0.05) is 65.9 Å². The highest BCUT2D eigenvalue weighted by Crippen LogP contribution is 2.38. The van der Waals surface area contributed by atoms with E-state index in [-0.39, 0.29) is 29.7 Å². The Morgan fingerprint density at radius 3 is 2.30 bits per heavy atom. The molecular formula is C26H22F4N6O3S. The molecular weight excluding hydrogens is 552 g/mol. The summed E-state index contributed by atoms with van der Waals surface area (Å²) in [7, 11) is -4.33. The van der Waals surface area contributed by atoms with Crippen molar-refractivity contribution >= 4 is 32.7 Å². The smallest absolute Gasteiger partial charge is 0.345 e. The molecule has 208 valence electrons. The van der Waals surface area contributed by atoms with Gasteiger partial charge in [-0.05, 0) is 43.9 Å². The van der Waals surface area contributed by atoms with Gasteiger partial charge < -0.3 is 4.98 Å². The first-order valence-electron chi connectivity index (χ1n) is 12.5. The number of alkyl halides is 3. The third kappa shape index (κ3) is 4.92. The summed E-state index contributed by atoms with van der Waals surface area (Å²) in [5.41, 5.74) is -1.98. The van der Waals surface area contributed by atoms with E-state index in [0.717, 1.165) is 23.0 Å². The van der Waals surface area contributed by atoms with Crippen LogP contribution in [0, 0.1) is 5.82 Å². The minimum atomic E-state index is -4.97. The molecule has 6 rings (SSSR count). The van der Waals surface area contributed by atoms with Crippen LogP contribution in [-0.4, -0.2) is 51.5 Å². The number of aromatic amines is 1. The number of benzene rings is 1. The average molecular weight is 575 g/mol. The Kier molecular flexibility index (Phi) is 6.33. The van der Waals surface area contributed by atoms with Crippen molar-refractivity contribution in [1.82, 2.24) is 24.2 Å². The van der Waals surface area contributed by atoms with E-state index in [1.54, 1.807) is 18.5 Å². The number of pyridine rings is 1. The Bertz CT molecular complexity index is 1730. The molecule has 14 heteroatoms. The van der Waals surface area contributed by atoms with E-state index in [9.17, 15) is 26.4 Å². The SMILES string of the molecule is O=C(c1cc(C(F)(F)F)cc(NS(=O)(=O)N2CCCC2)c1F)c1c[nH]c2ncc(-c3cnc(C4CC4)nc3)cc12. The van der Waals surface area contributed by atoms with Gasteiger partial charge in [0.05, 0.1) is 16.8 Å². The zero-order valence-electron chi connectivity index (χ0n) is 20.8. The molecule has 2 fully saturated rings. The molecule has 1 saturated heterocycles. The third-order valence-corrected chi connectivity index (χ3v) is 8.53. The van der Waals surface area contributed by atoms with E-state index in [4.69, 9.17) is 0 Å². The average Bonchev–Trinajstić information content (AvgIpc) is 3.43. The van der Waals surface area contributed by atoms with E-state index in [0.29, 0.717) is 42.0 Å². The Labute approximate surface area is 225 Å². The van der Waals surface area contributed by atoms with Crippen LogP contribution in [0.5, 0.6) is 0 Å². The molecule has 1 aliphatic carbocycles. The van der Waals surface area contributed by atoms with E-state index < -0.39 is 44.8 Å². The monoisotopic (exact) mass is 574 g/mol. The predicted molar refractivity (Wildman–Crippen MR) is 137 cm³/mol. The predicted octanol–water partition coefficient (Wildman–Crippen LogP) is 5.04. The summed E-state index contributed by atoms with van der Waals surface area (Å²) < 4.78 is 85.1. The number of nitrogens with one attached hydrogen (secondary N) is 2. The second-order valence-electron chi connectivity index (χ2n) is 9.85. The zero-order valence-corrected chi connectivity index (χ0v) is 21.6. The van der Waals surface area contributed by atoms with Crippen LogP contribution in [0.25, 0.3) is 22.2 Å². The minimum Gasteiger partial charge on any atom is -0.345 e. The minimum absolute atomic E-state index is 0.133. The van der Waals surface area contributed by atoms with Crippen molar-refractivity contribution in [3.8, 4) is 11.1 Å². The van der Waals surface area contributed by atoms with Crippen molar-refractivity contribution in [2.45, 2.75) is 37.8 Å². The standard InChI is InChI=1S/C26H22F4N6O3S/c27-22-19(8-17(26(28,29)30)9-21(22)35-40(38,39)36-5-1-2-6-36)23(37)20-13-34-25-18(20)7-15(10-33-25)16-11-31-24(32-12-16)14-3-4-14/h7-14,35H,1-6H2,(H,33,34).